The van der Waals surface area contributed by atoms with Crippen LogP contribution < -0.4 is 5.32 Å². The lowest BCUT2D eigenvalue weighted by Crippen LogP contribution is -1.99. The Morgan fingerprint density at radius 2 is 1.29 bits per heavy atom. The number of hydrogen-bond acceptors (Lipinski definition) is 1. The molecule has 0 heterocycles. The van der Waals surface area contributed by atoms with Crippen molar-refractivity contribution in [2.45, 2.75) is 71.1 Å². The van der Waals surface area contributed by atoms with E-state index in [1.165, 1.54) is 64.2 Å². The second kappa shape index (κ2) is 13.0. The monoisotopic (exact) mass is 198 g/mol. The molecule has 0 spiro atoms. The van der Waals surface area contributed by atoms with E-state index in [2.05, 4.69) is 18.8 Å². The minimum atomic E-state index is 1.23. The minimum Gasteiger partial charge on any atom is -0.315 e. The van der Waals surface area contributed by atoms with Crippen LogP contribution in [0, 0.1) is 6.54 Å². The molecule has 0 aromatic rings. The zero-order chi connectivity index (χ0) is 10.5. The second-order valence-corrected chi connectivity index (χ2v) is 4.11. The molecule has 0 aliphatic rings. The lowest BCUT2D eigenvalue weighted by atomic mass is 10.1. The average molecular weight is 198 g/mol. The van der Waals surface area contributed by atoms with Gasteiger partial charge in [-0.25, -0.2) is 0 Å². The van der Waals surface area contributed by atoms with E-state index in [9.17, 15) is 0 Å². The third kappa shape index (κ3) is 12.0. The van der Waals surface area contributed by atoms with E-state index >= 15 is 0 Å². The van der Waals surface area contributed by atoms with Crippen LogP contribution in [0.4, 0.5) is 0 Å². The fraction of sp³-hybridized carbons (Fsp3) is 0.923. The second-order valence-electron chi connectivity index (χ2n) is 4.11. The van der Waals surface area contributed by atoms with E-state index in [1.54, 1.807) is 0 Å². The van der Waals surface area contributed by atoms with Gasteiger partial charge in [0.1, 0.15) is 0 Å². The van der Waals surface area contributed by atoms with Crippen LogP contribution in [0.5, 0.6) is 0 Å². The van der Waals surface area contributed by atoms with E-state index in [0.29, 0.717) is 0 Å². The smallest absolute Gasteiger partial charge is 0.0218 e. The van der Waals surface area contributed by atoms with Crippen LogP contribution in [0.25, 0.3) is 0 Å². The summed E-state index contributed by atoms with van der Waals surface area (Å²) in [6, 6.07) is 0. The topological polar surface area (TPSA) is 12.0 Å². The standard InChI is InChI=1S/C13H28N/c1-3-4-5-6-7-8-9-10-11-12-13-14-2/h13-14H,3-12H2,1-2H3. The summed E-state index contributed by atoms with van der Waals surface area (Å²) < 4.78 is 0. The van der Waals surface area contributed by atoms with Gasteiger partial charge in [0, 0.05) is 6.54 Å². The Balaban J connectivity index is 2.78. The Bertz CT molecular complexity index is 79.2. The molecule has 0 fully saturated rings. The summed E-state index contributed by atoms with van der Waals surface area (Å²) in [5.41, 5.74) is 0. The molecule has 0 aliphatic heterocycles. The highest BCUT2D eigenvalue weighted by atomic mass is 14.8. The quantitative estimate of drug-likeness (QED) is 0.488. The normalized spacial score (nSPS) is 10.7. The first kappa shape index (κ1) is 14.0. The van der Waals surface area contributed by atoms with Crippen LogP contribution in [-0.4, -0.2) is 7.05 Å². The van der Waals surface area contributed by atoms with Crippen molar-refractivity contribution in [1.29, 1.82) is 0 Å². The molecule has 0 aliphatic carbocycles. The van der Waals surface area contributed by atoms with Gasteiger partial charge in [0.05, 0.1) is 0 Å². The van der Waals surface area contributed by atoms with E-state index < -0.39 is 0 Å². The third-order valence-corrected chi connectivity index (χ3v) is 2.66. The summed E-state index contributed by atoms with van der Waals surface area (Å²) in [6.07, 6.45) is 14.0. The summed E-state index contributed by atoms with van der Waals surface area (Å²) in [5, 5.41) is 3.07. The first-order chi connectivity index (χ1) is 6.91. The molecule has 1 heteroatoms. The van der Waals surface area contributed by atoms with Gasteiger partial charge in [-0.1, -0.05) is 64.7 Å². The molecule has 1 nitrogen and oxygen atoms in total. The maximum Gasteiger partial charge on any atom is 0.0218 e. The van der Waals surface area contributed by atoms with Gasteiger partial charge in [0.15, 0.2) is 0 Å². The van der Waals surface area contributed by atoms with Crippen molar-refractivity contribution < 1.29 is 0 Å². The molecule has 1 radical (unpaired) electrons. The molecule has 14 heavy (non-hydrogen) atoms. The number of hydrogen-bond donors (Lipinski definition) is 1. The highest BCUT2D eigenvalue weighted by Crippen LogP contribution is 2.10. The zero-order valence-corrected chi connectivity index (χ0v) is 10.1. The molecule has 0 unspecified atom stereocenters. The van der Waals surface area contributed by atoms with Crippen LogP contribution in [0.2, 0.25) is 0 Å². The Morgan fingerprint density at radius 1 is 0.786 bits per heavy atom. The largest absolute Gasteiger partial charge is 0.315 e. The van der Waals surface area contributed by atoms with E-state index in [0.717, 1.165) is 0 Å². The summed E-state index contributed by atoms with van der Waals surface area (Å²) in [7, 11) is 1.98. The van der Waals surface area contributed by atoms with Crippen LogP contribution in [0.3, 0.4) is 0 Å². The highest BCUT2D eigenvalue weighted by molar-refractivity contribution is 4.57. The lowest BCUT2D eigenvalue weighted by molar-refractivity contribution is 0.561. The molecule has 0 rings (SSSR count). The van der Waals surface area contributed by atoms with Gasteiger partial charge in [0.25, 0.3) is 0 Å². The van der Waals surface area contributed by atoms with E-state index in [1.807, 2.05) is 7.05 Å². The molecule has 0 saturated carbocycles. The number of unbranched alkanes of at least 4 members (excludes halogenated alkanes) is 9. The van der Waals surface area contributed by atoms with Gasteiger partial charge in [-0.05, 0) is 13.5 Å². The Morgan fingerprint density at radius 3 is 1.79 bits per heavy atom. The number of rotatable bonds is 11. The van der Waals surface area contributed by atoms with Crippen LogP contribution in [-0.2, 0) is 0 Å². The SMILES string of the molecule is CCCCCCCCCCC[CH]NC. The molecule has 0 bridgehead atoms. The summed E-state index contributed by atoms with van der Waals surface area (Å²) in [6.45, 7) is 4.43. The molecule has 1 N–H and O–H groups in total. The van der Waals surface area contributed by atoms with Gasteiger partial charge in [-0.15, -0.1) is 0 Å². The van der Waals surface area contributed by atoms with E-state index in [4.69, 9.17) is 0 Å². The Hall–Kier alpha value is -0.0400. The van der Waals surface area contributed by atoms with E-state index in [-0.39, 0.29) is 0 Å². The average Bonchev–Trinajstić information content (AvgIpc) is 2.21. The molecule has 0 amide bonds. The number of nitrogens with one attached hydrogen (secondary N) is 1. The molecule has 0 atom stereocenters. The maximum absolute atomic E-state index is 3.07. The van der Waals surface area contributed by atoms with Gasteiger partial charge in [-0.2, -0.15) is 0 Å². The van der Waals surface area contributed by atoms with Crippen molar-refractivity contribution in [3.8, 4) is 0 Å². The van der Waals surface area contributed by atoms with Crippen molar-refractivity contribution in [3.05, 3.63) is 6.54 Å². The molecule has 0 saturated heterocycles. The van der Waals surface area contributed by atoms with Crippen molar-refractivity contribution in [2.75, 3.05) is 7.05 Å². The van der Waals surface area contributed by atoms with Gasteiger partial charge < -0.3 is 5.32 Å². The third-order valence-electron chi connectivity index (χ3n) is 2.66. The zero-order valence-electron chi connectivity index (χ0n) is 10.1. The molecule has 0 aromatic heterocycles. The predicted molar refractivity (Wildman–Crippen MR) is 65.2 cm³/mol. The van der Waals surface area contributed by atoms with Crippen LogP contribution in [0.15, 0.2) is 0 Å². The maximum atomic E-state index is 3.07. The Labute approximate surface area is 90.7 Å². The molecular formula is C13H28N. The minimum absolute atomic E-state index is 1.23. The van der Waals surface area contributed by atoms with Gasteiger partial charge >= 0.3 is 0 Å². The molecule has 85 valence electrons. The van der Waals surface area contributed by atoms with Gasteiger partial charge in [-0.3, -0.25) is 0 Å². The van der Waals surface area contributed by atoms with Crippen molar-refractivity contribution in [3.63, 3.8) is 0 Å². The molecular weight excluding hydrogens is 170 g/mol. The predicted octanol–water partition coefficient (Wildman–Crippen LogP) is 4.29. The summed E-state index contributed by atoms with van der Waals surface area (Å²) in [5.74, 6) is 0. The van der Waals surface area contributed by atoms with Crippen LogP contribution >= 0.6 is 0 Å². The van der Waals surface area contributed by atoms with Crippen LogP contribution in [0.1, 0.15) is 71.1 Å². The Kier molecular flexibility index (Phi) is 12.9. The van der Waals surface area contributed by atoms with Crippen molar-refractivity contribution >= 4 is 0 Å². The summed E-state index contributed by atoms with van der Waals surface area (Å²) >= 11 is 0. The summed E-state index contributed by atoms with van der Waals surface area (Å²) in [4.78, 5) is 0. The van der Waals surface area contributed by atoms with Crippen molar-refractivity contribution in [1.82, 2.24) is 5.32 Å². The fourth-order valence-corrected chi connectivity index (χ4v) is 1.70. The first-order valence-corrected chi connectivity index (χ1v) is 6.40. The fourth-order valence-electron chi connectivity index (χ4n) is 1.70. The highest BCUT2D eigenvalue weighted by Gasteiger charge is 1.91. The lowest BCUT2D eigenvalue weighted by Gasteiger charge is -2.01. The molecule has 0 aromatic carbocycles. The van der Waals surface area contributed by atoms with Gasteiger partial charge in [0.2, 0.25) is 0 Å². The first-order valence-electron chi connectivity index (χ1n) is 6.40. The van der Waals surface area contributed by atoms with Crippen molar-refractivity contribution in [2.24, 2.45) is 0 Å².